The van der Waals surface area contributed by atoms with Crippen LogP contribution in [0.4, 0.5) is 19.0 Å². The Hall–Kier alpha value is -4.18. The van der Waals surface area contributed by atoms with Gasteiger partial charge >= 0.3 is 6.01 Å². The maximum atomic E-state index is 16.3. The third-order valence-electron chi connectivity index (χ3n) is 10.4. The van der Waals surface area contributed by atoms with E-state index < -0.39 is 17.8 Å². The molecule has 8 rings (SSSR count). The number of nitrogens with one attached hydrogen (secondary N) is 1. The number of phenolic OH excluding ortho intramolecular Hbond substituents is 1. The molecule has 2 aromatic heterocycles. The highest BCUT2D eigenvalue weighted by Crippen LogP contribution is 2.40. The van der Waals surface area contributed by atoms with Crippen LogP contribution in [0.2, 0.25) is 0 Å². The molecule has 4 aromatic rings. The lowest BCUT2D eigenvalue weighted by molar-refractivity contribution is 0.156. The van der Waals surface area contributed by atoms with Gasteiger partial charge in [0.25, 0.3) is 0 Å². The molecule has 0 amide bonds. The summed E-state index contributed by atoms with van der Waals surface area (Å²) < 4.78 is 49.0. The summed E-state index contributed by atoms with van der Waals surface area (Å²) in [6, 6.07) is 6.86. The molecule has 4 fully saturated rings. The van der Waals surface area contributed by atoms with Crippen LogP contribution in [0.5, 0.6) is 11.8 Å². The molecule has 4 aliphatic rings. The number of pyridine rings is 1. The van der Waals surface area contributed by atoms with Crippen molar-refractivity contribution in [2.75, 3.05) is 51.4 Å². The average Bonchev–Trinajstić information content (AvgIpc) is 3.75. The predicted molar refractivity (Wildman–Crippen MR) is 184 cm³/mol. The summed E-state index contributed by atoms with van der Waals surface area (Å²) in [5.41, 5.74) is 0.0687. The highest BCUT2D eigenvalue weighted by molar-refractivity contribution is 6.03. The van der Waals surface area contributed by atoms with Gasteiger partial charge in [-0.1, -0.05) is 18.9 Å². The molecule has 2 aromatic carbocycles. The van der Waals surface area contributed by atoms with Crippen molar-refractivity contribution in [3.63, 3.8) is 0 Å². The van der Waals surface area contributed by atoms with Gasteiger partial charge < -0.3 is 20.1 Å². The number of hydrogen-bond acceptors (Lipinski definition) is 9. The Bertz CT molecular complexity index is 1880. The van der Waals surface area contributed by atoms with Crippen LogP contribution in [0.3, 0.4) is 0 Å². The minimum absolute atomic E-state index is 0.0291. The molecule has 4 saturated heterocycles. The molecule has 9 nitrogen and oxygen atoms in total. The number of piperazine rings is 1. The number of phenols is 1. The van der Waals surface area contributed by atoms with Gasteiger partial charge in [0.1, 0.15) is 34.8 Å². The number of halogens is 3. The van der Waals surface area contributed by atoms with Crippen LogP contribution < -0.4 is 15.0 Å². The first-order chi connectivity index (χ1) is 23.8. The lowest BCUT2D eigenvalue weighted by Gasteiger charge is -2.41. The van der Waals surface area contributed by atoms with Gasteiger partial charge in [0.05, 0.1) is 18.1 Å². The number of aromatic hydroxyl groups is 1. The Morgan fingerprint density at radius 1 is 1.08 bits per heavy atom. The number of nitrogens with zero attached hydrogens (tertiary/aromatic N) is 6. The highest BCUT2D eigenvalue weighted by Gasteiger charge is 2.41. The molecule has 2 bridgehead atoms. The van der Waals surface area contributed by atoms with Crippen molar-refractivity contribution in [3.05, 3.63) is 47.7 Å². The third-order valence-corrected chi connectivity index (χ3v) is 10.4. The standard InChI is InChI=1S/C30H30F2N6O2.C7H12FN/c1-4-10-33-16-38-18-7-8-19(38)15-37(14-18)29-23-13-34-27(26(32)28(23)35-30(36-29)40-3)22-12-20(39)11-17-6-9-24(31)21(5-2)25(17)22;8-6-4-7-2-1-3-9(7)5-6/h2,6,9,11-13,18-19,33,39H,4,7-8,10,14-16H2,1,3H3;6-7H,1-5H2/t;6-,7?/m.1/s1. The highest BCUT2D eigenvalue weighted by atomic mass is 19.1. The van der Waals surface area contributed by atoms with Crippen molar-refractivity contribution in [2.45, 2.75) is 69.7 Å². The molecule has 3 unspecified atom stereocenters. The number of benzene rings is 2. The maximum Gasteiger partial charge on any atom is 0.318 e. The fourth-order valence-corrected chi connectivity index (χ4v) is 8.13. The number of aromatic nitrogens is 3. The van der Waals surface area contributed by atoms with E-state index in [0.29, 0.717) is 41.3 Å². The topological polar surface area (TPSA) is 89.9 Å². The molecule has 2 N–H and O–H groups in total. The van der Waals surface area contributed by atoms with Gasteiger partial charge in [-0.3, -0.25) is 14.8 Å². The quantitative estimate of drug-likeness (QED) is 0.192. The van der Waals surface area contributed by atoms with Crippen molar-refractivity contribution in [3.8, 4) is 35.4 Å². The summed E-state index contributed by atoms with van der Waals surface area (Å²) in [5, 5.41) is 15.1. The molecule has 0 spiro atoms. The molecule has 4 aliphatic heterocycles. The van der Waals surface area contributed by atoms with Crippen molar-refractivity contribution in [2.24, 2.45) is 0 Å². The van der Waals surface area contributed by atoms with Crippen LogP contribution in [0.15, 0.2) is 30.5 Å². The van der Waals surface area contributed by atoms with E-state index in [4.69, 9.17) is 11.2 Å². The van der Waals surface area contributed by atoms with Gasteiger partial charge in [-0.15, -0.1) is 6.42 Å². The molecule has 0 saturated carbocycles. The van der Waals surface area contributed by atoms with E-state index in [-0.39, 0.29) is 39.5 Å². The first-order valence-electron chi connectivity index (χ1n) is 17.2. The Kier molecular flexibility index (Phi) is 9.50. The van der Waals surface area contributed by atoms with Crippen molar-refractivity contribution in [1.29, 1.82) is 0 Å². The van der Waals surface area contributed by atoms with Crippen LogP contribution >= 0.6 is 0 Å². The minimum Gasteiger partial charge on any atom is -0.508 e. The molecule has 49 heavy (non-hydrogen) atoms. The summed E-state index contributed by atoms with van der Waals surface area (Å²) in [5.74, 6) is 1.45. The second-order valence-corrected chi connectivity index (χ2v) is 13.5. The fourth-order valence-electron chi connectivity index (χ4n) is 8.13. The number of ether oxygens (including phenoxy) is 1. The van der Waals surface area contributed by atoms with Crippen molar-refractivity contribution in [1.82, 2.24) is 30.1 Å². The normalized spacial score (nSPS) is 23.5. The smallest absolute Gasteiger partial charge is 0.318 e. The fraction of sp³-hybridized carbons (Fsp3) is 0.486. The molecular weight excluding hydrogens is 631 g/mol. The van der Waals surface area contributed by atoms with Gasteiger partial charge in [-0.2, -0.15) is 9.97 Å². The zero-order valence-electron chi connectivity index (χ0n) is 27.9. The van der Waals surface area contributed by atoms with E-state index in [1.807, 2.05) is 0 Å². The number of alkyl halides is 1. The number of anilines is 1. The second-order valence-electron chi connectivity index (χ2n) is 13.5. The Morgan fingerprint density at radius 2 is 1.88 bits per heavy atom. The largest absolute Gasteiger partial charge is 0.508 e. The molecule has 6 heterocycles. The van der Waals surface area contributed by atoms with E-state index in [1.54, 1.807) is 0 Å². The van der Waals surface area contributed by atoms with E-state index in [9.17, 15) is 13.9 Å². The zero-order valence-corrected chi connectivity index (χ0v) is 27.9. The molecular formula is C37H42F3N7O2. The van der Waals surface area contributed by atoms with Crippen LogP contribution in [0.1, 0.15) is 51.0 Å². The van der Waals surface area contributed by atoms with E-state index in [1.165, 1.54) is 50.4 Å². The summed E-state index contributed by atoms with van der Waals surface area (Å²) in [6.45, 7) is 7.32. The van der Waals surface area contributed by atoms with Crippen LogP contribution in [-0.2, 0) is 0 Å². The van der Waals surface area contributed by atoms with Crippen molar-refractivity contribution >= 4 is 27.5 Å². The number of fused-ring (bicyclic) bond motifs is 5. The van der Waals surface area contributed by atoms with Crippen LogP contribution in [0, 0.1) is 24.0 Å². The maximum absolute atomic E-state index is 16.3. The third kappa shape index (κ3) is 6.35. The van der Waals surface area contributed by atoms with Gasteiger partial charge in [-0.05, 0) is 75.2 Å². The number of methoxy groups -OCH3 is 1. The van der Waals surface area contributed by atoms with E-state index >= 15 is 4.39 Å². The molecule has 0 aliphatic carbocycles. The zero-order chi connectivity index (χ0) is 34.2. The molecule has 12 heteroatoms. The lowest BCUT2D eigenvalue weighted by Crippen LogP contribution is -2.56. The van der Waals surface area contributed by atoms with Gasteiger partial charge in [0.2, 0.25) is 0 Å². The van der Waals surface area contributed by atoms with E-state index in [0.717, 1.165) is 58.5 Å². The summed E-state index contributed by atoms with van der Waals surface area (Å²) >= 11 is 0. The van der Waals surface area contributed by atoms with Gasteiger partial charge in [-0.25, -0.2) is 13.2 Å². The number of hydrogen-bond donors (Lipinski definition) is 2. The summed E-state index contributed by atoms with van der Waals surface area (Å²) in [6.07, 6.45) is 13.2. The average molecular weight is 674 g/mol. The Labute approximate surface area is 284 Å². The number of terminal acetylenes is 1. The predicted octanol–water partition coefficient (Wildman–Crippen LogP) is 5.62. The summed E-state index contributed by atoms with van der Waals surface area (Å²) in [7, 11) is 1.44. The van der Waals surface area contributed by atoms with E-state index in [2.05, 4.69) is 47.8 Å². The van der Waals surface area contributed by atoms with Gasteiger partial charge in [0.15, 0.2) is 5.82 Å². The second kappa shape index (κ2) is 14.0. The van der Waals surface area contributed by atoms with Crippen LogP contribution in [0.25, 0.3) is 32.9 Å². The van der Waals surface area contributed by atoms with Crippen molar-refractivity contribution < 1.29 is 23.0 Å². The molecule has 0 radical (unpaired) electrons. The van der Waals surface area contributed by atoms with Gasteiger partial charge in [0, 0.05) is 61.6 Å². The van der Waals surface area contributed by atoms with Crippen LogP contribution in [-0.4, -0.2) is 101 Å². The monoisotopic (exact) mass is 673 g/mol. The SMILES string of the molecule is C#Cc1c(F)ccc2cc(O)cc(-c3ncc4c(N5CC6CCC(C5)N6CNCCC)nc(OC)nc4c3F)c12.F[C@@H]1CC2CCCN2C1. The Morgan fingerprint density at radius 3 is 2.59 bits per heavy atom. The minimum atomic E-state index is -0.732. The summed E-state index contributed by atoms with van der Waals surface area (Å²) in [4.78, 5) is 20.4. The molecule has 258 valence electrons. The lowest BCUT2D eigenvalue weighted by atomic mass is 9.96. The first kappa shape index (κ1) is 33.3. The first-order valence-corrected chi connectivity index (χ1v) is 17.2. The Balaban J connectivity index is 0.000000361. The molecule has 4 atom stereocenters. The number of rotatable bonds is 7.